The molecule has 0 spiro atoms. The van der Waals surface area contributed by atoms with E-state index < -0.39 is 0 Å². The van der Waals surface area contributed by atoms with Crippen LogP contribution >= 0.6 is 0 Å². The normalized spacial score (nSPS) is 16.8. The summed E-state index contributed by atoms with van der Waals surface area (Å²) in [7, 11) is 3.90. The molecule has 0 heterocycles. The minimum atomic E-state index is 0.427. The van der Waals surface area contributed by atoms with Gasteiger partial charge in [0, 0.05) is 30.6 Å². The zero-order chi connectivity index (χ0) is 17.8. The number of fused-ring (bicyclic) bond motifs is 1. The Kier molecular flexibility index (Phi) is 5.19. The van der Waals surface area contributed by atoms with Crippen LogP contribution in [0.5, 0.6) is 0 Å². The van der Waals surface area contributed by atoms with Crippen molar-refractivity contribution in [2.75, 3.05) is 19.4 Å². The smallest absolute Gasteiger partial charge is 0.107 e. The zero-order valence-electron chi connectivity index (χ0n) is 15.1. The van der Waals surface area contributed by atoms with E-state index in [1.54, 1.807) is 0 Å². The van der Waals surface area contributed by atoms with Crippen LogP contribution in [0, 0.1) is 5.41 Å². The molecular weight excluding hydrogens is 308 g/mol. The highest BCUT2D eigenvalue weighted by Gasteiger charge is 2.24. The Morgan fingerprint density at radius 2 is 1.96 bits per heavy atom. The molecule has 1 atom stereocenters. The second-order valence-electron chi connectivity index (χ2n) is 6.42. The molecule has 3 rings (SSSR count). The second-order valence-corrected chi connectivity index (χ2v) is 6.42. The van der Waals surface area contributed by atoms with Gasteiger partial charge in [-0.15, -0.1) is 0 Å². The molecule has 0 saturated heterocycles. The average Bonchev–Trinajstić information content (AvgIpc) is 3.09. The molecule has 4 nitrogen and oxygen atoms in total. The SMILES string of the molecule is CN/C(Nc1cccc(-c2cccc3c2C(NC)CC3)c1)=C(\C)C=N. The summed E-state index contributed by atoms with van der Waals surface area (Å²) in [6.45, 7) is 1.91. The summed E-state index contributed by atoms with van der Waals surface area (Å²) in [5, 5.41) is 17.4. The zero-order valence-corrected chi connectivity index (χ0v) is 15.1. The van der Waals surface area contributed by atoms with Gasteiger partial charge in [-0.2, -0.15) is 0 Å². The van der Waals surface area contributed by atoms with Crippen LogP contribution in [0.4, 0.5) is 5.69 Å². The number of anilines is 1. The van der Waals surface area contributed by atoms with Crippen LogP contribution in [0.15, 0.2) is 53.9 Å². The lowest BCUT2D eigenvalue weighted by atomic mass is 9.94. The molecule has 0 aromatic heterocycles. The Bertz CT molecular complexity index is 807. The van der Waals surface area contributed by atoms with E-state index >= 15 is 0 Å². The number of aryl methyl sites for hydroxylation is 1. The Morgan fingerprint density at radius 1 is 1.16 bits per heavy atom. The van der Waals surface area contributed by atoms with Crippen molar-refractivity contribution >= 4 is 11.9 Å². The highest BCUT2D eigenvalue weighted by atomic mass is 15.1. The maximum Gasteiger partial charge on any atom is 0.107 e. The largest absolute Gasteiger partial charge is 0.374 e. The number of hydrogen-bond donors (Lipinski definition) is 4. The summed E-state index contributed by atoms with van der Waals surface area (Å²) < 4.78 is 0. The minimum absolute atomic E-state index is 0.427. The van der Waals surface area contributed by atoms with Gasteiger partial charge in [0.2, 0.25) is 0 Å². The standard InChI is InChI=1S/C21H26N4/c1-14(13-22)21(24-3)25-17-8-4-7-16(12-17)18-9-5-6-15-10-11-19(23-2)20(15)18/h4-9,12-13,19,22-25H,10-11H2,1-3H3/b21-14-,22-13?. The minimum Gasteiger partial charge on any atom is -0.374 e. The third kappa shape index (κ3) is 3.44. The molecule has 1 aliphatic rings. The third-order valence-corrected chi connectivity index (χ3v) is 4.90. The molecule has 0 aliphatic heterocycles. The van der Waals surface area contributed by atoms with Crippen LogP contribution in [0.3, 0.4) is 0 Å². The molecule has 1 unspecified atom stereocenters. The van der Waals surface area contributed by atoms with Crippen molar-refractivity contribution in [3.63, 3.8) is 0 Å². The molecule has 25 heavy (non-hydrogen) atoms. The second kappa shape index (κ2) is 7.53. The van der Waals surface area contributed by atoms with Crippen LogP contribution in [0.1, 0.15) is 30.5 Å². The Balaban J connectivity index is 1.99. The maximum absolute atomic E-state index is 7.44. The Hall–Kier alpha value is -2.59. The van der Waals surface area contributed by atoms with E-state index in [4.69, 9.17) is 5.41 Å². The van der Waals surface area contributed by atoms with Gasteiger partial charge in [0.15, 0.2) is 0 Å². The van der Waals surface area contributed by atoms with Crippen molar-refractivity contribution in [2.45, 2.75) is 25.8 Å². The number of benzene rings is 2. The van der Waals surface area contributed by atoms with Gasteiger partial charge in [0.05, 0.1) is 0 Å². The summed E-state index contributed by atoms with van der Waals surface area (Å²) in [6, 6.07) is 15.5. The van der Waals surface area contributed by atoms with Gasteiger partial charge < -0.3 is 21.4 Å². The summed E-state index contributed by atoms with van der Waals surface area (Å²) in [5.74, 6) is 0.846. The van der Waals surface area contributed by atoms with Gasteiger partial charge in [-0.1, -0.05) is 30.3 Å². The van der Waals surface area contributed by atoms with Gasteiger partial charge >= 0.3 is 0 Å². The predicted octanol–water partition coefficient (Wildman–Crippen LogP) is 4.07. The van der Waals surface area contributed by atoms with Crippen molar-refractivity contribution in [3.8, 4) is 11.1 Å². The molecule has 0 fully saturated rings. The van der Waals surface area contributed by atoms with E-state index in [1.807, 2.05) is 21.0 Å². The number of nitrogens with one attached hydrogen (secondary N) is 4. The highest BCUT2D eigenvalue weighted by molar-refractivity contribution is 5.78. The van der Waals surface area contributed by atoms with Crippen molar-refractivity contribution in [1.82, 2.24) is 10.6 Å². The fourth-order valence-electron chi connectivity index (χ4n) is 3.57. The Labute approximate surface area is 149 Å². The molecule has 0 bridgehead atoms. The molecule has 4 N–H and O–H groups in total. The maximum atomic E-state index is 7.44. The van der Waals surface area contributed by atoms with Crippen LogP contribution in [0.2, 0.25) is 0 Å². The third-order valence-electron chi connectivity index (χ3n) is 4.90. The molecule has 0 saturated carbocycles. The average molecular weight is 334 g/mol. The lowest BCUT2D eigenvalue weighted by Crippen LogP contribution is -2.17. The fourth-order valence-corrected chi connectivity index (χ4v) is 3.57. The first-order valence-electron chi connectivity index (χ1n) is 8.73. The van der Waals surface area contributed by atoms with Gasteiger partial charge in [-0.3, -0.25) is 0 Å². The summed E-state index contributed by atoms with van der Waals surface area (Å²) in [5.41, 5.74) is 7.28. The monoisotopic (exact) mass is 334 g/mol. The van der Waals surface area contributed by atoms with Gasteiger partial charge in [-0.25, -0.2) is 0 Å². The van der Waals surface area contributed by atoms with Gasteiger partial charge in [0.1, 0.15) is 5.82 Å². The van der Waals surface area contributed by atoms with E-state index in [9.17, 15) is 0 Å². The van der Waals surface area contributed by atoms with Crippen LogP contribution in [-0.2, 0) is 6.42 Å². The molecule has 2 aromatic rings. The molecule has 1 aliphatic carbocycles. The molecule has 4 heteroatoms. The lowest BCUT2D eigenvalue weighted by molar-refractivity contribution is 0.591. The van der Waals surface area contributed by atoms with Crippen LogP contribution < -0.4 is 16.0 Å². The summed E-state index contributed by atoms with van der Waals surface area (Å²) >= 11 is 0. The van der Waals surface area contributed by atoms with E-state index in [-0.39, 0.29) is 0 Å². The molecule has 0 amide bonds. The van der Waals surface area contributed by atoms with Crippen LogP contribution in [0.25, 0.3) is 11.1 Å². The van der Waals surface area contributed by atoms with E-state index in [1.165, 1.54) is 28.5 Å². The first kappa shape index (κ1) is 17.2. The van der Waals surface area contributed by atoms with E-state index in [2.05, 4.69) is 58.4 Å². The highest BCUT2D eigenvalue weighted by Crippen LogP contribution is 2.39. The fraction of sp³-hybridized carbons (Fsp3) is 0.286. The number of rotatable bonds is 6. The molecule has 0 radical (unpaired) electrons. The van der Waals surface area contributed by atoms with Crippen molar-refractivity contribution in [3.05, 3.63) is 65.0 Å². The van der Waals surface area contributed by atoms with Crippen molar-refractivity contribution in [2.24, 2.45) is 0 Å². The van der Waals surface area contributed by atoms with Gasteiger partial charge in [0.25, 0.3) is 0 Å². The summed E-state index contributed by atoms with van der Waals surface area (Å²) in [6.07, 6.45) is 3.65. The first-order valence-corrected chi connectivity index (χ1v) is 8.73. The molecule has 2 aromatic carbocycles. The number of allylic oxidation sites excluding steroid dienone is 1. The van der Waals surface area contributed by atoms with E-state index in [0.29, 0.717) is 6.04 Å². The topological polar surface area (TPSA) is 59.9 Å². The lowest BCUT2D eigenvalue weighted by Gasteiger charge is -2.17. The van der Waals surface area contributed by atoms with E-state index in [0.717, 1.165) is 29.9 Å². The van der Waals surface area contributed by atoms with Crippen molar-refractivity contribution < 1.29 is 0 Å². The molecular formula is C21H26N4. The van der Waals surface area contributed by atoms with Gasteiger partial charge in [-0.05, 0) is 61.2 Å². The summed E-state index contributed by atoms with van der Waals surface area (Å²) in [4.78, 5) is 0. The predicted molar refractivity (Wildman–Crippen MR) is 106 cm³/mol. The quantitative estimate of drug-likeness (QED) is 0.602. The number of hydrogen-bond acceptors (Lipinski definition) is 4. The molecule has 130 valence electrons. The Morgan fingerprint density at radius 3 is 2.68 bits per heavy atom. The first-order chi connectivity index (χ1) is 12.2. The van der Waals surface area contributed by atoms with Crippen LogP contribution in [-0.4, -0.2) is 20.3 Å². The van der Waals surface area contributed by atoms with Crippen molar-refractivity contribution in [1.29, 1.82) is 5.41 Å².